The summed E-state index contributed by atoms with van der Waals surface area (Å²) >= 11 is 0. The molecule has 45 heavy (non-hydrogen) atoms. The van der Waals surface area contributed by atoms with E-state index < -0.39 is 0 Å². The van der Waals surface area contributed by atoms with Crippen molar-refractivity contribution in [2.45, 2.75) is 38.5 Å². The van der Waals surface area contributed by atoms with E-state index in [2.05, 4.69) is 165 Å². The molecule has 0 saturated heterocycles. The van der Waals surface area contributed by atoms with Crippen molar-refractivity contribution in [3.63, 3.8) is 0 Å². The molecule has 0 N–H and O–H groups in total. The van der Waals surface area contributed by atoms with Crippen molar-refractivity contribution in [3.8, 4) is 5.69 Å². The van der Waals surface area contributed by atoms with Crippen molar-refractivity contribution >= 4 is 62.0 Å². The molecular weight excluding hydrogens is 543 g/mol. The quantitative estimate of drug-likeness (QED) is 0.192. The predicted molar refractivity (Wildman–Crippen MR) is 191 cm³/mol. The largest absolute Gasteiger partial charge is 0.308 e. The molecular formula is C42H33BN2. The molecule has 214 valence electrons. The molecule has 1 aromatic heterocycles. The molecule has 0 amide bonds. The van der Waals surface area contributed by atoms with E-state index >= 15 is 0 Å². The van der Waals surface area contributed by atoms with Crippen LogP contribution in [0, 0.1) is 0 Å². The molecule has 10 rings (SSSR count). The van der Waals surface area contributed by atoms with Gasteiger partial charge in [0.05, 0.1) is 11.2 Å². The Balaban J connectivity index is 1.42. The van der Waals surface area contributed by atoms with Crippen LogP contribution >= 0.6 is 0 Å². The number of aromatic nitrogens is 1. The maximum atomic E-state index is 2.64. The SMILES string of the molecule is CC1(C)c2cccc3c2B2c4c1cccc4C(C)(C)c1ccc4c5cccc(N(c6ccccc6)c6ccccc6)c5n-3c4c12. The van der Waals surface area contributed by atoms with Gasteiger partial charge in [0.15, 0.2) is 0 Å². The molecule has 3 heteroatoms. The van der Waals surface area contributed by atoms with E-state index in [1.807, 2.05) is 0 Å². The van der Waals surface area contributed by atoms with Crippen LogP contribution in [0.4, 0.5) is 17.1 Å². The summed E-state index contributed by atoms with van der Waals surface area (Å²) in [6.07, 6.45) is 0. The van der Waals surface area contributed by atoms with Gasteiger partial charge in [0.25, 0.3) is 0 Å². The van der Waals surface area contributed by atoms with E-state index in [0.717, 1.165) is 11.4 Å². The molecule has 6 aromatic carbocycles. The summed E-state index contributed by atoms with van der Waals surface area (Å²) in [6, 6.07) is 47.5. The van der Waals surface area contributed by atoms with Crippen LogP contribution in [0.3, 0.4) is 0 Å². The van der Waals surface area contributed by atoms with Crippen molar-refractivity contribution in [1.29, 1.82) is 0 Å². The Labute approximate surface area is 264 Å². The van der Waals surface area contributed by atoms with Gasteiger partial charge in [-0.15, -0.1) is 0 Å². The summed E-state index contributed by atoms with van der Waals surface area (Å²) in [5.41, 5.74) is 17.7. The lowest BCUT2D eigenvalue weighted by atomic mass is 9.26. The Kier molecular flexibility index (Phi) is 4.71. The lowest BCUT2D eigenvalue weighted by Gasteiger charge is -2.48. The maximum absolute atomic E-state index is 2.64. The van der Waals surface area contributed by atoms with E-state index in [1.54, 1.807) is 5.46 Å². The number of hydrogen-bond donors (Lipinski definition) is 0. The average Bonchev–Trinajstić information content (AvgIpc) is 3.41. The number of benzene rings is 6. The van der Waals surface area contributed by atoms with Gasteiger partial charge < -0.3 is 9.47 Å². The number of rotatable bonds is 3. The highest BCUT2D eigenvalue weighted by molar-refractivity contribution is 7.00. The zero-order valence-electron chi connectivity index (χ0n) is 26.1. The topological polar surface area (TPSA) is 8.17 Å². The first-order valence-electron chi connectivity index (χ1n) is 16.2. The lowest BCUT2D eigenvalue weighted by Crippen LogP contribution is -2.68. The minimum atomic E-state index is -0.102. The molecule has 0 bridgehead atoms. The van der Waals surface area contributed by atoms with E-state index in [0.29, 0.717) is 0 Å². The molecule has 0 unspecified atom stereocenters. The third-order valence-corrected chi connectivity index (χ3v) is 11.2. The van der Waals surface area contributed by atoms with Crippen molar-refractivity contribution < 1.29 is 0 Å². The number of fused-ring (bicyclic) bond motifs is 4. The van der Waals surface area contributed by atoms with Gasteiger partial charge in [0.2, 0.25) is 6.71 Å². The fourth-order valence-corrected chi connectivity index (χ4v) is 9.29. The molecule has 0 radical (unpaired) electrons. The van der Waals surface area contributed by atoms with E-state index in [4.69, 9.17) is 0 Å². The highest BCUT2D eigenvalue weighted by atomic mass is 15.2. The van der Waals surface area contributed by atoms with Crippen molar-refractivity contribution in [2.75, 3.05) is 4.90 Å². The highest BCUT2D eigenvalue weighted by Gasteiger charge is 2.51. The normalized spacial score (nSPS) is 15.9. The number of nitrogens with zero attached hydrogens (tertiary/aromatic N) is 2. The summed E-state index contributed by atoms with van der Waals surface area (Å²) in [5.74, 6) is 0. The zero-order valence-corrected chi connectivity index (χ0v) is 26.1. The van der Waals surface area contributed by atoms with Crippen LogP contribution in [-0.4, -0.2) is 11.3 Å². The fraction of sp³-hybridized carbons (Fsp3) is 0.143. The van der Waals surface area contributed by atoms with Gasteiger partial charge in [-0.1, -0.05) is 124 Å². The summed E-state index contributed by atoms with van der Waals surface area (Å²) in [7, 11) is 0. The second-order valence-electron chi connectivity index (χ2n) is 14.1. The van der Waals surface area contributed by atoms with Crippen LogP contribution < -0.4 is 21.3 Å². The first-order valence-corrected chi connectivity index (χ1v) is 16.2. The maximum Gasteiger partial charge on any atom is 0.248 e. The Morgan fingerprint density at radius 3 is 1.64 bits per heavy atom. The van der Waals surface area contributed by atoms with Crippen molar-refractivity contribution in [3.05, 3.63) is 150 Å². The molecule has 4 heterocycles. The molecule has 0 atom stereocenters. The second-order valence-corrected chi connectivity index (χ2v) is 14.1. The van der Waals surface area contributed by atoms with Gasteiger partial charge in [-0.05, 0) is 69.6 Å². The van der Waals surface area contributed by atoms with Crippen LogP contribution in [0.2, 0.25) is 0 Å². The van der Waals surface area contributed by atoms with Gasteiger partial charge in [0.1, 0.15) is 0 Å². The van der Waals surface area contributed by atoms with Gasteiger partial charge in [0, 0.05) is 44.2 Å². The second kappa shape index (κ2) is 8.37. The average molecular weight is 577 g/mol. The summed E-state index contributed by atoms with van der Waals surface area (Å²) in [5, 5.41) is 2.64. The molecule has 0 spiro atoms. The van der Waals surface area contributed by atoms with Gasteiger partial charge in [-0.25, -0.2) is 0 Å². The monoisotopic (exact) mass is 576 g/mol. The lowest BCUT2D eigenvalue weighted by molar-refractivity contribution is 0.621. The van der Waals surface area contributed by atoms with Gasteiger partial charge in [-0.3, -0.25) is 0 Å². The van der Waals surface area contributed by atoms with E-state index in [1.165, 1.54) is 66.4 Å². The molecule has 0 saturated carbocycles. The van der Waals surface area contributed by atoms with Crippen molar-refractivity contribution in [1.82, 2.24) is 4.57 Å². The number of hydrogen-bond acceptors (Lipinski definition) is 1. The smallest absolute Gasteiger partial charge is 0.248 e. The number of anilines is 3. The molecule has 0 fully saturated rings. The Bertz CT molecular complexity index is 2330. The minimum absolute atomic E-state index is 0.0991. The fourth-order valence-electron chi connectivity index (χ4n) is 9.29. The third kappa shape index (κ3) is 2.97. The van der Waals surface area contributed by atoms with Gasteiger partial charge >= 0.3 is 0 Å². The molecule has 0 aliphatic carbocycles. The molecule has 3 aliphatic rings. The Morgan fingerprint density at radius 1 is 0.467 bits per heavy atom. The molecule has 3 aliphatic heterocycles. The molecule has 2 nitrogen and oxygen atoms in total. The van der Waals surface area contributed by atoms with Crippen LogP contribution in [0.25, 0.3) is 27.5 Å². The zero-order chi connectivity index (χ0) is 30.2. The first kappa shape index (κ1) is 25.3. The van der Waals surface area contributed by atoms with E-state index in [-0.39, 0.29) is 17.5 Å². The van der Waals surface area contributed by atoms with Crippen LogP contribution in [0.5, 0.6) is 0 Å². The van der Waals surface area contributed by atoms with Crippen LogP contribution in [-0.2, 0) is 10.8 Å². The van der Waals surface area contributed by atoms with Crippen LogP contribution in [0.1, 0.15) is 49.9 Å². The predicted octanol–water partition coefficient (Wildman–Crippen LogP) is 8.36. The summed E-state index contributed by atoms with van der Waals surface area (Å²) < 4.78 is 2.64. The van der Waals surface area contributed by atoms with E-state index in [9.17, 15) is 0 Å². The standard InChI is InChI=1S/C42H33BN2/c1-41(2)30-19-12-20-31-36(30)43-37-32(41)21-13-22-34(37)45-39-28(29-24-25-33(42(31,3)4)38(43)40(29)45)18-11-23-35(39)44(26-14-7-5-8-15-26)27-16-9-6-10-17-27/h5-25H,1-4H3. The Hall–Kier alpha value is -5.02. The Morgan fingerprint density at radius 2 is 1.00 bits per heavy atom. The first-order chi connectivity index (χ1) is 21.9. The summed E-state index contributed by atoms with van der Waals surface area (Å²) in [4.78, 5) is 2.43. The summed E-state index contributed by atoms with van der Waals surface area (Å²) in [6.45, 7) is 9.97. The third-order valence-electron chi connectivity index (χ3n) is 11.2. The number of para-hydroxylation sites is 3. The highest BCUT2D eigenvalue weighted by Crippen LogP contribution is 2.48. The van der Waals surface area contributed by atoms with Gasteiger partial charge in [-0.2, -0.15) is 0 Å². The minimum Gasteiger partial charge on any atom is -0.308 e. The van der Waals surface area contributed by atoms with Crippen molar-refractivity contribution in [2.24, 2.45) is 0 Å². The molecule has 7 aromatic rings. The van der Waals surface area contributed by atoms with Crippen LogP contribution in [0.15, 0.2) is 127 Å².